The third kappa shape index (κ3) is 2.81. The number of Topliss-reactive ketones (excluding diaryl/α,β-unsaturated/α-hetero) is 2. The Balaban J connectivity index is 2.18. The fourth-order valence-corrected chi connectivity index (χ4v) is 2.14. The lowest BCUT2D eigenvalue weighted by Gasteiger charge is -2.05. The van der Waals surface area contributed by atoms with Crippen molar-refractivity contribution in [1.82, 2.24) is 0 Å². The second-order valence-electron chi connectivity index (χ2n) is 4.73. The van der Waals surface area contributed by atoms with E-state index in [1.807, 2.05) is 26.0 Å². The van der Waals surface area contributed by atoms with Crippen LogP contribution in [0.25, 0.3) is 0 Å². The molecule has 0 aliphatic rings. The van der Waals surface area contributed by atoms with Crippen LogP contribution < -0.4 is 0 Å². The molecule has 1 heterocycles. The second kappa shape index (κ2) is 5.22. The Kier molecular flexibility index (Phi) is 3.65. The first-order chi connectivity index (χ1) is 8.99. The normalized spacial score (nSPS) is 10.5. The predicted octanol–water partition coefficient (Wildman–Crippen LogP) is 3.66. The van der Waals surface area contributed by atoms with Crippen LogP contribution in [0.1, 0.15) is 44.0 Å². The van der Waals surface area contributed by atoms with E-state index in [4.69, 9.17) is 4.42 Å². The van der Waals surface area contributed by atoms with Crippen molar-refractivity contribution in [2.75, 3.05) is 0 Å². The summed E-state index contributed by atoms with van der Waals surface area (Å²) in [5.74, 6) is 0.206. The van der Waals surface area contributed by atoms with E-state index in [1.54, 1.807) is 19.1 Å². The molecule has 98 valence electrons. The Morgan fingerprint density at radius 1 is 1.00 bits per heavy atom. The Bertz CT molecular complexity index is 635. The smallest absolute Gasteiger partial charge is 0.174 e. The zero-order valence-corrected chi connectivity index (χ0v) is 11.3. The molecule has 0 aliphatic carbocycles. The molecule has 0 unspecified atom stereocenters. The highest BCUT2D eigenvalue weighted by molar-refractivity contribution is 6.14. The number of aryl methyl sites for hydroxylation is 3. The average Bonchev–Trinajstić information content (AvgIpc) is 2.75. The van der Waals surface area contributed by atoms with Gasteiger partial charge in [-0.2, -0.15) is 0 Å². The fourth-order valence-electron chi connectivity index (χ4n) is 2.14. The molecule has 3 nitrogen and oxygen atoms in total. The summed E-state index contributed by atoms with van der Waals surface area (Å²) in [6.45, 7) is 5.57. The Hall–Kier alpha value is -2.16. The molecule has 0 spiro atoms. The molecule has 0 bridgehead atoms. The van der Waals surface area contributed by atoms with Crippen LogP contribution in [0, 0.1) is 20.8 Å². The number of hydrogen-bond acceptors (Lipinski definition) is 3. The van der Waals surface area contributed by atoms with Gasteiger partial charge in [0, 0.05) is 5.56 Å². The van der Waals surface area contributed by atoms with Gasteiger partial charge in [0.1, 0.15) is 5.76 Å². The van der Waals surface area contributed by atoms with Crippen molar-refractivity contribution in [2.24, 2.45) is 0 Å². The van der Waals surface area contributed by atoms with Crippen LogP contribution in [0.2, 0.25) is 0 Å². The zero-order chi connectivity index (χ0) is 14.0. The highest BCUT2D eigenvalue weighted by Gasteiger charge is 2.18. The highest BCUT2D eigenvalue weighted by Crippen LogP contribution is 2.16. The minimum absolute atomic E-state index is 0.121. The van der Waals surface area contributed by atoms with Gasteiger partial charge in [-0.1, -0.05) is 23.8 Å². The molecule has 0 aliphatic heterocycles. The van der Waals surface area contributed by atoms with Crippen LogP contribution >= 0.6 is 0 Å². The number of carbonyl (C=O) groups is 2. The molecule has 2 aromatic rings. The minimum Gasteiger partial charge on any atom is -0.469 e. The van der Waals surface area contributed by atoms with Crippen LogP contribution in [0.4, 0.5) is 0 Å². The lowest BCUT2D eigenvalue weighted by molar-refractivity contribution is 0.0893. The summed E-state index contributed by atoms with van der Waals surface area (Å²) in [5, 5.41) is 0. The second-order valence-corrected chi connectivity index (χ2v) is 4.73. The maximum atomic E-state index is 12.1. The maximum absolute atomic E-state index is 12.1. The van der Waals surface area contributed by atoms with Gasteiger partial charge in [-0.3, -0.25) is 9.59 Å². The van der Waals surface area contributed by atoms with E-state index < -0.39 is 0 Å². The predicted molar refractivity (Wildman–Crippen MR) is 72.6 cm³/mol. The molecule has 2 rings (SSSR count). The Morgan fingerprint density at radius 2 is 1.68 bits per heavy atom. The molecule has 0 fully saturated rings. The van der Waals surface area contributed by atoms with Crippen LogP contribution in [0.5, 0.6) is 0 Å². The van der Waals surface area contributed by atoms with Crippen LogP contribution in [-0.2, 0) is 0 Å². The first kappa shape index (κ1) is 13.3. The number of benzene rings is 1. The molecule has 0 saturated carbocycles. The van der Waals surface area contributed by atoms with Crippen molar-refractivity contribution in [3.8, 4) is 0 Å². The fraction of sp³-hybridized carbons (Fsp3) is 0.250. The summed E-state index contributed by atoms with van der Waals surface area (Å²) in [6, 6.07) is 7.21. The molecule has 1 aromatic carbocycles. The third-order valence-electron chi connectivity index (χ3n) is 3.16. The van der Waals surface area contributed by atoms with Crippen LogP contribution in [-0.4, -0.2) is 11.6 Å². The van der Waals surface area contributed by atoms with Gasteiger partial charge in [0.05, 0.1) is 18.2 Å². The topological polar surface area (TPSA) is 47.3 Å². The van der Waals surface area contributed by atoms with Crippen molar-refractivity contribution in [2.45, 2.75) is 27.2 Å². The van der Waals surface area contributed by atoms with E-state index in [1.165, 1.54) is 6.26 Å². The quantitative estimate of drug-likeness (QED) is 0.619. The average molecular weight is 256 g/mol. The van der Waals surface area contributed by atoms with Crippen molar-refractivity contribution < 1.29 is 14.0 Å². The van der Waals surface area contributed by atoms with E-state index in [9.17, 15) is 9.59 Å². The Labute approximate surface area is 112 Å². The van der Waals surface area contributed by atoms with Gasteiger partial charge in [-0.15, -0.1) is 0 Å². The van der Waals surface area contributed by atoms with Crippen molar-refractivity contribution >= 4 is 11.6 Å². The molecule has 3 heteroatoms. The number of ketones is 2. The van der Waals surface area contributed by atoms with Crippen molar-refractivity contribution in [3.05, 3.63) is 58.5 Å². The monoisotopic (exact) mass is 256 g/mol. The lowest BCUT2D eigenvalue weighted by Crippen LogP contribution is -2.10. The van der Waals surface area contributed by atoms with E-state index in [2.05, 4.69) is 0 Å². The summed E-state index contributed by atoms with van der Waals surface area (Å²) >= 11 is 0. The molecule has 0 radical (unpaired) electrons. The largest absolute Gasteiger partial charge is 0.469 e. The number of rotatable bonds is 4. The first-order valence-corrected chi connectivity index (χ1v) is 6.17. The van der Waals surface area contributed by atoms with Crippen LogP contribution in [0.15, 0.2) is 34.9 Å². The SMILES string of the molecule is Cc1ccc(C(=O)CC(=O)c2ccoc2C)c(C)c1. The number of furan rings is 1. The van der Waals surface area contributed by atoms with Gasteiger partial charge in [0.15, 0.2) is 11.6 Å². The third-order valence-corrected chi connectivity index (χ3v) is 3.16. The molecule has 0 atom stereocenters. The maximum Gasteiger partial charge on any atom is 0.174 e. The standard InChI is InChI=1S/C16H16O3/c1-10-4-5-13(11(2)8-10)15(17)9-16(18)14-6-7-19-12(14)3/h4-8H,9H2,1-3H3. The van der Waals surface area contributed by atoms with Gasteiger partial charge >= 0.3 is 0 Å². The summed E-state index contributed by atoms with van der Waals surface area (Å²) in [5.41, 5.74) is 3.10. The molecule has 1 aromatic heterocycles. The van der Waals surface area contributed by atoms with E-state index in [0.717, 1.165) is 11.1 Å². The van der Waals surface area contributed by atoms with Crippen molar-refractivity contribution in [1.29, 1.82) is 0 Å². The minimum atomic E-state index is -0.198. The highest BCUT2D eigenvalue weighted by atomic mass is 16.3. The molecule has 19 heavy (non-hydrogen) atoms. The van der Waals surface area contributed by atoms with E-state index >= 15 is 0 Å². The van der Waals surface area contributed by atoms with Gasteiger partial charge < -0.3 is 4.42 Å². The summed E-state index contributed by atoms with van der Waals surface area (Å²) in [4.78, 5) is 24.2. The molecule has 0 N–H and O–H groups in total. The van der Waals surface area contributed by atoms with Gasteiger partial charge in [0.25, 0.3) is 0 Å². The number of hydrogen-bond donors (Lipinski definition) is 0. The first-order valence-electron chi connectivity index (χ1n) is 6.17. The summed E-state index contributed by atoms with van der Waals surface area (Å²) in [7, 11) is 0. The molecule has 0 amide bonds. The molecular weight excluding hydrogens is 240 g/mol. The summed E-state index contributed by atoms with van der Waals surface area (Å²) in [6.07, 6.45) is 1.34. The Morgan fingerprint density at radius 3 is 2.26 bits per heavy atom. The zero-order valence-electron chi connectivity index (χ0n) is 11.3. The lowest BCUT2D eigenvalue weighted by atomic mass is 9.97. The molecular formula is C16H16O3. The van der Waals surface area contributed by atoms with Crippen LogP contribution in [0.3, 0.4) is 0 Å². The van der Waals surface area contributed by atoms with E-state index in [0.29, 0.717) is 16.9 Å². The van der Waals surface area contributed by atoms with Gasteiger partial charge in [-0.05, 0) is 32.4 Å². The number of carbonyl (C=O) groups excluding carboxylic acids is 2. The summed E-state index contributed by atoms with van der Waals surface area (Å²) < 4.78 is 5.08. The van der Waals surface area contributed by atoms with E-state index in [-0.39, 0.29) is 18.0 Å². The van der Waals surface area contributed by atoms with Crippen molar-refractivity contribution in [3.63, 3.8) is 0 Å². The van der Waals surface area contributed by atoms with Gasteiger partial charge in [-0.25, -0.2) is 0 Å². The van der Waals surface area contributed by atoms with Gasteiger partial charge in [0.2, 0.25) is 0 Å². The molecule has 0 saturated heterocycles.